The Labute approximate surface area is 127 Å². The fourth-order valence-corrected chi connectivity index (χ4v) is 2.39. The molecule has 0 atom stereocenters. The largest absolute Gasteiger partial charge is 0.478 e. The lowest BCUT2D eigenvalue weighted by Gasteiger charge is -2.09. The van der Waals surface area contributed by atoms with Crippen LogP contribution < -0.4 is 5.32 Å². The molecule has 0 saturated heterocycles. The van der Waals surface area contributed by atoms with Crippen LogP contribution in [0, 0.1) is 0 Å². The molecule has 0 radical (unpaired) electrons. The van der Waals surface area contributed by atoms with Crippen molar-refractivity contribution in [2.45, 2.75) is 6.54 Å². The van der Waals surface area contributed by atoms with Crippen LogP contribution in [0.5, 0.6) is 0 Å². The van der Waals surface area contributed by atoms with E-state index in [1.165, 1.54) is 0 Å². The molecule has 0 spiro atoms. The zero-order chi connectivity index (χ0) is 13.8. The van der Waals surface area contributed by atoms with Crippen molar-refractivity contribution in [3.63, 3.8) is 0 Å². The Morgan fingerprint density at radius 3 is 2.68 bits per heavy atom. The summed E-state index contributed by atoms with van der Waals surface area (Å²) in [5.74, 6) is -0.912. The monoisotopic (exact) mass is 383 g/mol. The summed E-state index contributed by atoms with van der Waals surface area (Å²) in [5.41, 5.74) is 2.18. The van der Waals surface area contributed by atoms with E-state index in [4.69, 9.17) is 5.11 Å². The number of halogens is 2. The van der Waals surface area contributed by atoms with Gasteiger partial charge in [0.1, 0.15) is 0 Å². The second-order valence-electron chi connectivity index (χ2n) is 3.98. The van der Waals surface area contributed by atoms with Gasteiger partial charge in [-0.25, -0.2) is 4.79 Å². The van der Waals surface area contributed by atoms with Gasteiger partial charge in [0.15, 0.2) is 0 Å². The molecule has 2 rings (SSSR count). The lowest BCUT2D eigenvalue weighted by Crippen LogP contribution is -2.02. The smallest absolute Gasteiger partial charge is 0.335 e. The number of nitrogens with one attached hydrogen (secondary N) is 1. The molecule has 0 bridgehead atoms. The van der Waals surface area contributed by atoms with E-state index in [0.29, 0.717) is 12.1 Å². The second kappa shape index (κ2) is 6.21. The van der Waals surface area contributed by atoms with Gasteiger partial charge in [-0.3, -0.25) is 0 Å². The minimum Gasteiger partial charge on any atom is -0.478 e. The van der Waals surface area contributed by atoms with Crippen LogP contribution in [-0.4, -0.2) is 11.1 Å². The van der Waals surface area contributed by atoms with Gasteiger partial charge in [-0.05, 0) is 51.8 Å². The van der Waals surface area contributed by atoms with Crippen LogP contribution in [-0.2, 0) is 6.54 Å². The summed E-state index contributed by atoms with van der Waals surface area (Å²) in [6.07, 6.45) is 0. The number of benzene rings is 2. The third-order valence-corrected chi connectivity index (χ3v) is 3.77. The van der Waals surface area contributed by atoms with E-state index in [2.05, 4.69) is 37.2 Å². The number of carbonyl (C=O) groups is 1. The molecule has 98 valence electrons. The van der Waals surface area contributed by atoms with E-state index in [-0.39, 0.29) is 0 Å². The molecule has 5 heteroatoms. The molecule has 0 aliphatic heterocycles. The predicted molar refractivity (Wildman–Crippen MR) is 82.6 cm³/mol. The molecule has 19 heavy (non-hydrogen) atoms. The summed E-state index contributed by atoms with van der Waals surface area (Å²) in [5, 5.41) is 12.2. The Morgan fingerprint density at radius 2 is 1.95 bits per heavy atom. The molecule has 2 N–H and O–H groups in total. The molecule has 0 unspecified atom stereocenters. The number of hydrogen-bond acceptors (Lipinski definition) is 2. The van der Waals surface area contributed by atoms with Crippen LogP contribution in [0.25, 0.3) is 0 Å². The van der Waals surface area contributed by atoms with E-state index in [9.17, 15) is 4.79 Å². The topological polar surface area (TPSA) is 49.3 Å². The van der Waals surface area contributed by atoms with Crippen molar-refractivity contribution in [1.29, 1.82) is 0 Å². The van der Waals surface area contributed by atoms with E-state index < -0.39 is 5.97 Å². The molecule has 2 aromatic rings. The van der Waals surface area contributed by atoms with Crippen molar-refractivity contribution < 1.29 is 9.90 Å². The quantitative estimate of drug-likeness (QED) is 0.814. The average molecular weight is 385 g/mol. The minimum absolute atomic E-state index is 0.299. The number of aromatic carboxylic acids is 1. The lowest BCUT2D eigenvalue weighted by molar-refractivity contribution is 0.0697. The van der Waals surface area contributed by atoms with Gasteiger partial charge in [0.2, 0.25) is 0 Å². The van der Waals surface area contributed by atoms with E-state index in [1.54, 1.807) is 18.2 Å². The summed E-state index contributed by atoms with van der Waals surface area (Å²) in [4.78, 5) is 10.9. The fourth-order valence-electron chi connectivity index (χ4n) is 1.64. The van der Waals surface area contributed by atoms with Gasteiger partial charge in [0, 0.05) is 21.2 Å². The number of carboxylic acid groups (broad SMARTS) is 1. The zero-order valence-corrected chi connectivity index (χ0v) is 13.0. The molecule has 2 aromatic carbocycles. The SMILES string of the molecule is O=C(O)c1cccc(CNc2cc(Br)ccc2Br)c1. The molecule has 3 nitrogen and oxygen atoms in total. The highest BCUT2D eigenvalue weighted by atomic mass is 79.9. The van der Waals surface area contributed by atoms with Crippen molar-refractivity contribution in [3.8, 4) is 0 Å². The van der Waals surface area contributed by atoms with Crippen LogP contribution in [0.1, 0.15) is 15.9 Å². The highest BCUT2D eigenvalue weighted by Crippen LogP contribution is 2.26. The normalized spacial score (nSPS) is 10.2. The average Bonchev–Trinajstić information content (AvgIpc) is 2.40. The molecule has 0 heterocycles. The summed E-state index contributed by atoms with van der Waals surface area (Å²) >= 11 is 6.88. The van der Waals surface area contributed by atoms with Crippen molar-refractivity contribution in [3.05, 3.63) is 62.5 Å². The molecule has 0 aliphatic carbocycles. The number of anilines is 1. The fraction of sp³-hybridized carbons (Fsp3) is 0.0714. The van der Waals surface area contributed by atoms with Gasteiger partial charge in [-0.15, -0.1) is 0 Å². The Hall–Kier alpha value is -1.33. The van der Waals surface area contributed by atoms with Crippen molar-refractivity contribution in [1.82, 2.24) is 0 Å². The third kappa shape index (κ3) is 3.81. The van der Waals surface area contributed by atoms with Gasteiger partial charge in [-0.1, -0.05) is 28.1 Å². The maximum atomic E-state index is 10.9. The van der Waals surface area contributed by atoms with Crippen LogP contribution >= 0.6 is 31.9 Å². The molecular formula is C14H11Br2NO2. The summed E-state index contributed by atoms with van der Waals surface area (Å²) in [6.45, 7) is 0.566. The molecule has 0 amide bonds. The van der Waals surface area contributed by atoms with Crippen LogP contribution in [0.15, 0.2) is 51.4 Å². The van der Waals surface area contributed by atoms with Gasteiger partial charge >= 0.3 is 5.97 Å². The standard InChI is InChI=1S/C14H11Br2NO2/c15-11-4-5-12(16)13(7-11)17-8-9-2-1-3-10(6-9)14(18)19/h1-7,17H,8H2,(H,18,19). The minimum atomic E-state index is -0.912. The molecule has 0 aliphatic rings. The predicted octanol–water partition coefficient (Wildman–Crippen LogP) is 4.52. The Morgan fingerprint density at radius 1 is 1.16 bits per heavy atom. The van der Waals surface area contributed by atoms with Gasteiger partial charge in [0.05, 0.1) is 5.56 Å². The first-order valence-corrected chi connectivity index (χ1v) is 7.16. The van der Waals surface area contributed by atoms with E-state index >= 15 is 0 Å². The first-order chi connectivity index (χ1) is 9.06. The Bertz CT molecular complexity index is 614. The summed E-state index contributed by atoms with van der Waals surface area (Å²) in [7, 11) is 0. The van der Waals surface area contributed by atoms with Crippen molar-refractivity contribution in [2.75, 3.05) is 5.32 Å². The highest BCUT2D eigenvalue weighted by Gasteiger charge is 2.04. The highest BCUT2D eigenvalue weighted by molar-refractivity contribution is 9.11. The zero-order valence-electron chi connectivity index (χ0n) is 9.86. The first-order valence-electron chi connectivity index (χ1n) is 5.57. The van der Waals surface area contributed by atoms with E-state index in [0.717, 1.165) is 20.2 Å². The second-order valence-corrected chi connectivity index (χ2v) is 5.75. The van der Waals surface area contributed by atoms with Crippen molar-refractivity contribution in [2.24, 2.45) is 0 Å². The van der Waals surface area contributed by atoms with Gasteiger partial charge < -0.3 is 10.4 Å². The van der Waals surface area contributed by atoms with Gasteiger partial charge in [-0.2, -0.15) is 0 Å². The summed E-state index contributed by atoms with van der Waals surface area (Å²) < 4.78 is 1.95. The van der Waals surface area contributed by atoms with E-state index in [1.807, 2.05) is 24.3 Å². The maximum absolute atomic E-state index is 10.9. The number of rotatable bonds is 4. The summed E-state index contributed by atoms with van der Waals surface area (Å²) in [6, 6.07) is 12.7. The maximum Gasteiger partial charge on any atom is 0.335 e. The van der Waals surface area contributed by atoms with Gasteiger partial charge in [0.25, 0.3) is 0 Å². The molecule has 0 saturated carbocycles. The third-order valence-electron chi connectivity index (χ3n) is 2.59. The number of carboxylic acids is 1. The Balaban J connectivity index is 2.12. The number of hydrogen-bond donors (Lipinski definition) is 2. The lowest BCUT2D eigenvalue weighted by atomic mass is 10.1. The van der Waals surface area contributed by atoms with Crippen LogP contribution in [0.3, 0.4) is 0 Å². The Kier molecular flexibility index (Phi) is 4.61. The van der Waals surface area contributed by atoms with Crippen LogP contribution in [0.4, 0.5) is 5.69 Å². The van der Waals surface area contributed by atoms with Crippen molar-refractivity contribution >= 4 is 43.5 Å². The first kappa shape index (κ1) is 14.1. The molecular weight excluding hydrogens is 374 g/mol. The molecule has 0 fully saturated rings. The van der Waals surface area contributed by atoms with Crippen LogP contribution in [0.2, 0.25) is 0 Å². The molecule has 0 aromatic heterocycles.